The summed E-state index contributed by atoms with van der Waals surface area (Å²) in [6, 6.07) is 9.48. The lowest BCUT2D eigenvalue weighted by molar-refractivity contribution is -0.138. The van der Waals surface area contributed by atoms with Gasteiger partial charge in [0, 0.05) is 25.3 Å². The molecule has 1 aromatic carbocycles. The number of hydrogen-bond acceptors (Lipinski definition) is 7. The van der Waals surface area contributed by atoms with Gasteiger partial charge in [-0.2, -0.15) is 4.98 Å². The average molecular weight is 346 g/mol. The standard InChI is InChI=1S/C17H22N4O4/c1-24-12(7-8-14(22)23)10-25-15(11-5-3-2-4-6-11)13-9-20-17(19)21-16(13)18/h2-6,9,12,15H,7-8,10H2,1H3,(H,22,23)(H4,18,19,20,21). The van der Waals surface area contributed by atoms with Gasteiger partial charge in [-0.3, -0.25) is 4.79 Å². The monoisotopic (exact) mass is 346 g/mol. The smallest absolute Gasteiger partial charge is 0.303 e. The molecule has 0 aliphatic carbocycles. The maximum Gasteiger partial charge on any atom is 0.303 e. The number of nitrogen functional groups attached to an aromatic ring is 2. The molecule has 0 aliphatic rings. The van der Waals surface area contributed by atoms with E-state index in [2.05, 4.69) is 9.97 Å². The summed E-state index contributed by atoms with van der Waals surface area (Å²) in [5.74, 6) is -0.553. The minimum Gasteiger partial charge on any atom is -0.481 e. The van der Waals surface area contributed by atoms with Crippen molar-refractivity contribution in [2.45, 2.75) is 25.0 Å². The summed E-state index contributed by atoms with van der Waals surface area (Å²) < 4.78 is 11.3. The van der Waals surface area contributed by atoms with Crippen molar-refractivity contribution in [1.29, 1.82) is 0 Å². The Morgan fingerprint density at radius 2 is 2.00 bits per heavy atom. The van der Waals surface area contributed by atoms with Crippen LogP contribution in [0, 0.1) is 0 Å². The molecule has 0 saturated heterocycles. The van der Waals surface area contributed by atoms with E-state index >= 15 is 0 Å². The van der Waals surface area contributed by atoms with Crippen molar-refractivity contribution in [2.75, 3.05) is 25.2 Å². The van der Waals surface area contributed by atoms with E-state index in [0.29, 0.717) is 12.0 Å². The molecule has 0 radical (unpaired) electrons. The zero-order valence-corrected chi connectivity index (χ0v) is 14.0. The third-order valence-corrected chi connectivity index (χ3v) is 3.71. The van der Waals surface area contributed by atoms with Crippen molar-refractivity contribution in [2.24, 2.45) is 0 Å². The molecule has 0 fully saturated rings. The first-order chi connectivity index (χ1) is 12.0. The van der Waals surface area contributed by atoms with Crippen molar-refractivity contribution >= 4 is 17.7 Å². The molecule has 2 atom stereocenters. The zero-order chi connectivity index (χ0) is 18.2. The number of methoxy groups -OCH3 is 1. The number of aromatic nitrogens is 2. The zero-order valence-electron chi connectivity index (χ0n) is 14.0. The molecule has 0 bridgehead atoms. The third kappa shape index (κ3) is 5.40. The van der Waals surface area contributed by atoms with Gasteiger partial charge in [0.15, 0.2) is 0 Å². The van der Waals surface area contributed by atoms with Gasteiger partial charge in [-0.15, -0.1) is 0 Å². The summed E-state index contributed by atoms with van der Waals surface area (Å²) in [7, 11) is 1.52. The number of benzene rings is 1. The third-order valence-electron chi connectivity index (χ3n) is 3.71. The lowest BCUT2D eigenvalue weighted by atomic mass is 10.0. The second kappa shape index (κ2) is 8.95. The number of nitrogens with zero attached hydrogens (tertiary/aromatic N) is 2. The van der Waals surface area contributed by atoms with E-state index in [0.717, 1.165) is 5.56 Å². The summed E-state index contributed by atoms with van der Waals surface area (Å²) >= 11 is 0. The number of hydrogen-bond donors (Lipinski definition) is 3. The van der Waals surface area contributed by atoms with E-state index in [1.54, 1.807) is 0 Å². The SMILES string of the molecule is COC(CCC(=O)O)COC(c1ccccc1)c1cnc(N)nc1N. The molecular weight excluding hydrogens is 324 g/mol. The first-order valence-corrected chi connectivity index (χ1v) is 7.80. The largest absolute Gasteiger partial charge is 0.481 e. The van der Waals surface area contributed by atoms with Crippen LogP contribution in [0.3, 0.4) is 0 Å². The van der Waals surface area contributed by atoms with E-state index in [4.69, 9.17) is 26.0 Å². The predicted molar refractivity (Wildman–Crippen MR) is 92.8 cm³/mol. The Labute approximate surface area is 145 Å². The molecule has 0 aliphatic heterocycles. The highest BCUT2D eigenvalue weighted by Gasteiger charge is 2.21. The molecular formula is C17H22N4O4. The number of anilines is 2. The Balaban J connectivity index is 2.19. The molecule has 1 aromatic heterocycles. The van der Waals surface area contributed by atoms with E-state index in [1.807, 2.05) is 30.3 Å². The summed E-state index contributed by atoms with van der Waals surface area (Å²) in [6.45, 7) is 0.202. The fourth-order valence-corrected chi connectivity index (χ4v) is 2.37. The van der Waals surface area contributed by atoms with Gasteiger partial charge >= 0.3 is 5.97 Å². The van der Waals surface area contributed by atoms with Crippen molar-refractivity contribution in [1.82, 2.24) is 9.97 Å². The molecule has 5 N–H and O–H groups in total. The predicted octanol–water partition coefficient (Wildman–Crippen LogP) is 1.63. The minimum absolute atomic E-state index is 0.00495. The average Bonchev–Trinajstić information content (AvgIpc) is 2.60. The molecule has 0 spiro atoms. The van der Waals surface area contributed by atoms with E-state index in [9.17, 15) is 4.79 Å². The van der Waals surface area contributed by atoms with Crippen LogP contribution in [0.5, 0.6) is 0 Å². The van der Waals surface area contributed by atoms with Gasteiger partial charge in [0.25, 0.3) is 0 Å². The summed E-state index contributed by atoms with van der Waals surface area (Å²) in [4.78, 5) is 18.7. The van der Waals surface area contributed by atoms with E-state index in [1.165, 1.54) is 13.3 Å². The van der Waals surface area contributed by atoms with Crippen LogP contribution in [0.1, 0.15) is 30.1 Å². The Morgan fingerprint density at radius 1 is 1.28 bits per heavy atom. The fourth-order valence-electron chi connectivity index (χ4n) is 2.37. The first-order valence-electron chi connectivity index (χ1n) is 7.80. The highest BCUT2D eigenvalue weighted by Crippen LogP contribution is 2.29. The summed E-state index contributed by atoms with van der Waals surface area (Å²) in [6.07, 6.45) is 1.03. The van der Waals surface area contributed by atoms with Gasteiger partial charge in [-0.05, 0) is 12.0 Å². The van der Waals surface area contributed by atoms with Crippen LogP contribution in [0.4, 0.5) is 11.8 Å². The molecule has 2 unspecified atom stereocenters. The number of ether oxygens (including phenoxy) is 2. The normalized spacial score (nSPS) is 13.3. The van der Waals surface area contributed by atoms with Crippen LogP contribution in [0.2, 0.25) is 0 Å². The second-order valence-corrected chi connectivity index (χ2v) is 5.48. The quantitative estimate of drug-likeness (QED) is 0.624. The van der Waals surface area contributed by atoms with Gasteiger partial charge in [0.2, 0.25) is 5.95 Å². The van der Waals surface area contributed by atoms with Gasteiger partial charge < -0.3 is 26.0 Å². The molecule has 0 amide bonds. The van der Waals surface area contributed by atoms with Crippen LogP contribution in [0.15, 0.2) is 36.5 Å². The second-order valence-electron chi connectivity index (χ2n) is 5.48. The fraction of sp³-hybridized carbons (Fsp3) is 0.353. The molecule has 8 heteroatoms. The Bertz CT molecular complexity index is 696. The molecule has 8 nitrogen and oxygen atoms in total. The van der Waals surface area contributed by atoms with Crippen LogP contribution in [-0.4, -0.2) is 40.9 Å². The van der Waals surface area contributed by atoms with E-state index in [-0.39, 0.29) is 30.9 Å². The Morgan fingerprint density at radius 3 is 2.60 bits per heavy atom. The molecule has 1 heterocycles. The summed E-state index contributed by atoms with van der Waals surface area (Å²) in [5.41, 5.74) is 13.0. The van der Waals surface area contributed by atoms with Crippen molar-refractivity contribution < 1.29 is 19.4 Å². The maximum absolute atomic E-state index is 10.7. The Hall–Kier alpha value is -2.71. The number of nitrogens with two attached hydrogens (primary N) is 2. The number of carboxylic acids is 1. The molecule has 134 valence electrons. The highest BCUT2D eigenvalue weighted by molar-refractivity contribution is 5.66. The van der Waals surface area contributed by atoms with Crippen LogP contribution in [-0.2, 0) is 14.3 Å². The number of aliphatic carboxylic acids is 1. The van der Waals surface area contributed by atoms with Gasteiger partial charge in [0.1, 0.15) is 11.9 Å². The van der Waals surface area contributed by atoms with Gasteiger partial charge in [-0.1, -0.05) is 30.3 Å². The van der Waals surface area contributed by atoms with Gasteiger partial charge in [-0.25, -0.2) is 4.98 Å². The molecule has 25 heavy (non-hydrogen) atoms. The highest BCUT2D eigenvalue weighted by atomic mass is 16.5. The minimum atomic E-state index is -0.877. The van der Waals surface area contributed by atoms with Crippen LogP contribution < -0.4 is 11.5 Å². The topological polar surface area (TPSA) is 134 Å². The van der Waals surface area contributed by atoms with Crippen molar-refractivity contribution in [3.63, 3.8) is 0 Å². The number of carboxylic acid groups (broad SMARTS) is 1. The van der Waals surface area contributed by atoms with Crippen LogP contribution in [0.25, 0.3) is 0 Å². The summed E-state index contributed by atoms with van der Waals surface area (Å²) in [5, 5.41) is 8.81. The lowest BCUT2D eigenvalue weighted by Gasteiger charge is -2.23. The molecule has 0 saturated carbocycles. The molecule has 2 rings (SSSR count). The van der Waals surface area contributed by atoms with Crippen LogP contribution >= 0.6 is 0 Å². The van der Waals surface area contributed by atoms with Crippen molar-refractivity contribution in [3.05, 3.63) is 47.7 Å². The number of rotatable bonds is 9. The van der Waals surface area contributed by atoms with Gasteiger partial charge in [0.05, 0.1) is 12.7 Å². The Kier molecular flexibility index (Phi) is 6.67. The maximum atomic E-state index is 10.7. The first kappa shape index (κ1) is 18.6. The molecule has 2 aromatic rings. The van der Waals surface area contributed by atoms with E-state index < -0.39 is 12.1 Å². The number of carbonyl (C=O) groups is 1. The lowest BCUT2D eigenvalue weighted by Crippen LogP contribution is -2.22. The van der Waals surface area contributed by atoms with Crippen molar-refractivity contribution in [3.8, 4) is 0 Å².